The molecule has 17 heavy (non-hydrogen) atoms. The quantitative estimate of drug-likeness (QED) is 0.608. The van der Waals surface area contributed by atoms with Crippen LogP contribution >= 0.6 is 0 Å². The van der Waals surface area contributed by atoms with E-state index in [1.54, 1.807) is 0 Å². The van der Waals surface area contributed by atoms with Gasteiger partial charge in [0.05, 0.1) is 12.7 Å². The van der Waals surface area contributed by atoms with E-state index in [1.165, 1.54) is 25.7 Å². The summed E-state index contributed by atoms with van der Waals surface area (Å²) in [6, 6.07) is 0.522. The number of aliphatic imine (C=N–C) groups is 1. The van der Waals surface area contributed by atoms with E-state index in [0.29, 0.717) is 18.5 Å². The van der Waals surface area contributed by atoms with Crippen LogP contribution in [0.2, 0.25) is 0 Å². The Bertz CT molecular complexity index is 401. The van der Waals surface area contributed by atoms with Crippen LogP contribution < -0.4 is 11.1 Å². The van der Waals surface area contributed by atoms with Gasteiger partial charge in [-0.2, -0.15) is 5.10 Å². The summed E-state index contributed by atoms with van der Waals surface area (Å²) in [5, 5.41) is 7.46. The number of nitrogens with zero attached hydrogens (tertiary/aromatic N) is 3. The molecule has 0 atom stereocenters. The maximum absolute atomic E-state index is 5.87. The average Bonchev–Trinajstić information content (AvgIpc) is 2.90. The first kappa shape index (κ1) is 12.0. The largest absolute Gasteiger partial charge is 0.370 e. The second kappa shape index (κ2) is 5.21. The highest BCUT2D eigenvalue weighted by molar-refractivity contribution is 5.78. The van der Waals surface area contributed by atoms with Crippen molar-refractivity contribution in [2.24, 2.45) is 17.8 Å². The molecule has 2 rings (SSSR count). The fourth-order valence-corrected chi connectivity index (χ4v) is 2.19. The lowest BCUT2D eigenvalue weighted by Crippen LogP contribution is -2.38. The van der Waals surface area contributed by atoms with Crippen LogP contribution in [-0.4, -0.2) is 21.8 Å². The Morgan fingerprint density at radius 3 is 2.88 bits per heavy atom. The average molecular weight is 235 g/mol. The first-order valence-corrected chi connectivity index (χ1v) is 6.20. The third kappa shape index (κ3) is 2.99. The summed E-state index contributed by atoms with van der Waals surface area (Å²) in [5.74, 6) is 0.556. The zero-order valence-electron chi connectivity index (χ0n) is 10.6. The molecule has 0 bridgehead atoms. The topological polar surface area (TPSA) is 68.2 Å². The lowest BCUT2D eigenvalue weighted by molar-refractivity contribution is 0.625. The van der Waals surface area contributed by atoms with E-state index in [9.17, 15) is 0 Å². The molecule has 0 spiro atoms. The van der Waals surface area contributed by atoms with Crippen LogP contribution in [-0.2, 0) is 13.6 Å². The van der Waals surface area contributed by atoms with Gasteiger partial charge in [0, 0.05) is 24.3 Å². The van der Waals surface area contributed by atoms with Gasteiger partial charge in [-0.25, -0.2) is 4.99 Å². The fraction of sp³-hybridized carbons (Fsp3) is 0.667. The summed E-state index contributed by atoms with van der Waals surface area (Å²) in [6.07, 6.45) is 6.87. The monoisotopic (exact) mass is 235 g/mol. The molecule has 1 saturated carbocycles. The van der Waals surface area contributed by atoms with Gasteiger partial charge < -0.3 is 11.1 Å². The Labute approximate surface area is 102 Å². The molecule has 0 amide bonds. The third-order valence-corrected chi connectivity index (χ3v) is 3.46. The molecular formula is C12H21N5. The molecule has 0 aromatic carbocycles. The van der Waals surface area contributed by atoms with Gasteiger partial charge in [-0.15, -0.1) is 0 Å². The Morgan fingerprint density at radius 1 is 1.59 bits per heavy atom. The smallest absolute Gasteiger partial charge is 0.189 e. The maximum atomic E-state index is 5.87. The van der Waals surface area contributed by atoms with Crippen molar-refractivity contribution in [2.45, 2.75) is 45.2 Å². The van der Waals surface area contributed by atoms with Crippen LogP contribution in [0.4, 0.5) is 0 Å². The minimum absolute atomic E-state index is 0.522. The Hall–Kier alpha value is -1.52. The number of nitrogens with one attached hydrogen (secondary N) is 1. The van der Waals surface area contributed by atoms with Gasteiger partial charge in [0.25, 0.3) is 0 Å². The van der Waals surface area contributed by atoms with Gasteiger partial charge in [0.15, 0.2) is 5.96 Å². The first-order valence-electron chi connectivity index (χ1n) is 6.20. The number of nitrogens with two attached hydrogens (primary N) is 1. The summed E-state index contributed by atoms with van der Waals surface area (Å²) >= 11 is 0. The van der Waals surface area contributed by atoms with Gasteiger partial charge in [0.2, 0.25) is 0 Å². The van der Waals surface area contributed by atoms with E-state index in [4.69, 9.17) is 5.73 Å². The molecule has 1 aromatic heterocycles. The minimum Gasteiger partial charge on any atom is -0.370 e. The number of hydrogen-bond acceptors (Lipinski definition) is 2. The molecule has 1 aliphatic rings. The van der Waals surface area contributed by atoms with Crippen LogP contribution in [0.3, 0.4) is 0 Å². The second-order valence-corrected chi connectivity index (χ2v) is 4.71. The molecule has 0 saturated heterocycles. The van der Waals surface area contributed by atoms with Crippen LogP contribution in [0.5, 0.6) is 0 Å². The molecule has 5 nitrogen and oxygen atoms in total. The van der Waals surface area contributed by atoms with Crippen molar-refractivity contribution >= 4 is 5.96 Å². The highest BCUT2D eigenvalue weighted by Crippen LogP contribution is 2.17. The van der Waals surface area contributed by atoms with E-state index in [2.05, 4.69) is 15.4 Å². The highest BCUT2D eigenvalue weighted by Gasteiger charge is 2.14. The summed E-state index contributed by atoms with van der Waals surface area (Å²) in [7, 11) is 1.93. The van der Waals surface area contributed by atoms with E-state index < -0.39 is 0 Å². The molecule has 1 heterocycles. The van der Waals surface area contributed by atoms with Crippen LogP contribution in [0, 0.1) is 6.92 Å². The molecule has 0 radical (unpaired) electrons. The fourth-order valence-electron chi connectivity index (χ4n) is 2.19. The van der Waals surface area contributed by atoms with Crippen molar-refractivity contribution in [1.82, 2.24) is 15.1 Å². The Morgan fingerprint density at radius 2 is 2.29 bits per heavy atom. The minimum atomic E-state index is 0.522. The molecule has 3 N–H and O–H groups in total. The standard InChI is InChI=1S/C12H21N5/c1-9-10(8-15-17(9)2)7-14-12(13)16-11-5-3-4-6-11/h8,11H,3-7H2,1-2H3,(H3,13,14,16). The van der Waals surface area contributed by atoms with Crippen molar-refractivity contribution in [3.05, 3.63) is 17.5 Å². The second-order valence-electron chi connectivity index (χ2n) is 4.71. The normalized spacial score (nSPS) is 17.6. The van der Waals surface area contributed by atoms with E-state index in [0.717, 1.165) is 11.3 Å². The SMILES string of the molecule is Cc1c(CN=C(N)NC2CCCC2)cnn1C. The van der Waals surface area contributed by atoms with Crippen LogP contribution in [0.15, 0.2) is 11.2 Å². The molecule has 5 heteroatoms. The molecule has 0 aliphatic heterocycles. The van der Waals surface area contributed by atoms with Gasteiger partial charge in [0.1, 0.15) is 0 Å². The van der Waals surface area contributed by atoms with Crippen LogP contribution in [0.25, 0.3) is 0 Å². The highest BCUT2D eigenvalue weighted by atomic mass is 15.3. The molecule has 1 aliphatic carbocycles. The number of rotatable bonds is 3. The third-order valence-electron chi connectivity index (χ3n) is 3.46. The molecule has 1 aromatic rings. The summed E-state index contributed by atoms with van der Waals surface area (Å²) in [5.41, 5.74) is 8.14. The molecule has 0 unspecified atom stereocenters. The number of guanidine groups is 1. The summed E-state index contributed by atoms with van der Waals surface area (Å²) in [4.78, 5) is 4.36. The predicted molar refractivity (Wildman–Crippen MR) is 68.7 cm³/mol. The van der Waals surface area contributed by atoms with Gasteiger partial charge in [-0.3, -0.25) is 4.68 Å². The zero-order valence-corrected chi connectivity index (χ0v) is 10.6. The van der Waals surface area contributed by atoms with Gasteiger partial charge >= 0.3 is 0 Å². The van der Waals surface area contributed by atoms with Gasteiger partial charge in [-0.05, 0) is 19.8 Å². The van der Waals surface area contributed by atoms with Crippen LogP contribution in [0.1, 0.15) is 36.9 Å². The van der Waals surface area contributed by atoms with Crippen molar-refractivity contribution in [1.29, 1.82) is 0 Å². The van der Waals surface area contributed by atoms with Crippen molar-refractivity contribution in [2.75, 3.05) is 0 Å². The number of hydrogen-bond donors (Lipinski definition) is 2. The Kier molecular flexibility index (Phi) is 3.66. The van der Waals surface area contributed by atoms with E-state index >= 15 is 0 Å². The summed E-state index contributed by atoms with van der Waals surface area (Å²) < 4.78 is 1.85. The summed E-state index contributed by atoms with van der Waals surface area (Å²) in [6.45, 7) is 2.64. The maximum Gasteiger partial charge on any atom is 0.189 e. The van der Waals surface area contributed by atoms with Gasteiger partial charge in [-0.1, -0.05) is 12.8 Å². The van der Waals surface area contributed by atoms with Crippen molar-refractivity contribution < 1.29 is 0 Å². The zero-order chi connectivity index (χ0) is 12.3. The van der Waals surface area contributed by atoms with E-state index in [1.807, 2.05) is 24.9 Å². The lowest BCUT2D eigenvalue weighted by atomic mass is 10.2. The predicted octanol–water partition coefficient (Wildman–Crippen LogP) is 1.08. The van der Waals surface area contributed by atoms with Crippen molar-refractivity contribution in [3.8, 4) is 0 Å². The lowest BCUT2D eigenvalue weighted by Gasteiger charge is -2.12. The first-order chi connectivity index (χ1) is 8.16. The molecule has 94 valence electrons. The Balaban J connectivity index is 1.88. The molecule has 1 fully saturated rings. The number of aromatic nitrogens is 2. The van der Waals surface area contributed by atoms with Crippen molar-refractivity contribution in [3.63, 3.8) is 0 Å². The molecular weight excluding hydrogens is 214 g/mol. The number of aryl methyl sites for hydroxylation is 1. The van der Waals surface area contributed by atoms with E-state index in [-0.39, 0.29) is 0 Å².